The molecular weight excluding hydrogens is 561 g/mol. The highest BCUT2D eigenvalue weighted by Crippen LogP contribution is 2.32. The molecule has 0 aliphatic rings. The number of halogens is 3. The summed E-state index contributed by atoms with van der Waals surface area (Å²) in [6.07, 6.45) is -4.25. The second kappa shape index (κ2) is 13.7. The highest BCUT2D eigenvalue weighted by atomic mass is 19.4. The van der Waals surface area contributed by atoms with Crippen molar-refractivity contribution in [1.82, 2.24) is 4.90 Å². The first-order valence-electron chi connectivity index (χ1n) is 13.4. The smallest absolute Gasteiger partial charge is 0.416 e. The molecule has 0 heterocycles. The van der Waals surface area contributed by atoms with Crippen molar-refractivity contribution in [2.75, 3.05) is 5.32 Å². The van der Waals surface area contributed by atoms with E-state index in [9.17, 15) is 32.7 Å². The number of aliphatic carboxylic acids is 1. The molecule has 0 saturated heterocycles. The summed E-state index contributed by atoms with van der Waals surface area (Å²) in [4.78, 5) is 38.1. The molecule has 43 heavy (non-hydrogen) atoms. The second-order valence-electron chi connectivity index (χ2n) is 9.73. The summed E-state index contributed by atoms with van der Waals surface area (Å²) in [6, 6.07) is 26.4. The molecule has 0 radical (unpaired) electrons. The van der Waals surface area contributed by atoms with Crippen LogP contribution in [0.15, 0.2) is 103 Å². The van der Waals surface area contributed by atoms with E-state index in [2.05, 4.69) is 5.32 Å². The number of carboxylic acid groups (broad SMARTS) is 1. The van der Waals surface area contributed by atoms with Crippen molar-refractivity contribution in [1.29, 1.82) is 0 Å². The summed E-state index contributed by atoms with van der Waals surface area (Å²) in [5.74, 6) is -2.59. The lowest BCUT2D eigenvalue weighted by atomic mass is 10.00. The molecule has 7 nitrogen and oxygen atoms in total. The van der Waals surface area contributed by atoms with Crippen LogP contribution in [-0.2, 0) is 28.9 Å². The van der Waals surface area contributed by atoms with Crippen LogP contribution in [0.2, 0.25) is 0 Å². The zero-order chi connectivity index (χ0) is 31.0. The van der Waals surface area contributed by atoms with Gasteiger partial charge in [-0.25, -0.2) is 4.79 Å². The molecule has 1 unspecified atom stereocenters. The summed E-state index contributed by atoms with van der Waals surface area (Å²) in [5.41, 5.74) is 2.02. The fourth-order valence-corrected chi connectivity index (χ4v) is 4.51. The number of nitrogens with one attached hydrogen (secondary N) is 1. The van der Waals surface area contributed by atoms with E-state index in [1.807, 2.05) is 30.3 Å². The molecule has 2 N–H and O–H groups in total. The fourth-order valence-electron chi connectivity index (χ4n) is 4.51. The quantitative estimate of drug-likeness (QED) is 0.192. The Morgan fingerprint density at radius 1 is 0.837 bits per heavy atom. The number of carbonyl (C=O) groups excluding carboxylic acids is 2. The van der Waals surface area contributed by atoms with Crippen LogP contribution in [-0.4, -0.2) is 27.8 Å². The Hall–Kier alpha value is -5.12. The lowest BCUT2D eigenvalue weighted by Gasteiger charge is -2.30. The number of nitrogens with zero attached hydrogens (tertiary/aromatic N) is 1. The van der Waals surface area contributed by atoms with Gasteiger partial charge in [-0.2, -0.15) is 13.2 Å². The molecule has 4 rings (SSSR count). The van der Waals surface area contributed by atoms with Crippen molar-refractivity contribution in [3.05, 3.63) is 131 Å². The molecule has 0 bridgehead atoms. The minimum Gasteiger partial charge on any atom is -0.489 e. The van der Waals surface area contributed by atoms with Gasteiger partial charge in [0.15, 0.2) is 0 Å². The largest absolute Gasteiger partial charge is 0.489 e. The first-order chi connectivity index (χ1) is 20.5. The van der Waals surface area contributed by atoms with Crippen molar-refractivity contribution in [2.24, 2.45) is 0 Å². The zero-order valence-corrected chi connectivity index (χ0v) is 23.2. The normalized spacial score (nSPS) is 11.8. The van der Waals surface area contributed by atoms with Crippen LogP contribution in [0, 0.1) is 0 Å². The van der Waals surface area contributed by atoms with Crippen LogP contribution in [0.1, 0.15) is 52.0 Å². The highest BCUT2D eigenvalue weighted by Gasteiger charge is 2.32. The lowest BCUT2D eigenvalue weighted by molar-refractivity contribution is -0.157. The molecule has 0 aliphatic carbocycles. The number of hydrogen-bond acceptors (Lipinski definition) is 4. The van der Waals surface area contributed by atoms with Gasteiger partial charge in [0.25, 0.3) is 5.91 Å². The topological polar surface area (TPSA) is 95.9 Å². The van der Waals surface area contributed by atoms with Crippen molar-refractivity contribution >= 4 is 23.5 Å². The van der Waals surface area contributed by atoms with Gasteiger partial charge < -0.3 is 20.1 Å². The van der Waals surface area contributed by atoms with E-state index in [0.29, 0.717) is 34.7 Å². The van der Waals surface area contributed by atoms with Gasteiger partial charge in [0.05, 0.1) is 11.6 Å². The van der Waals surface area contributed by atoms with Crippen LogP contribution in [0.3, 0.4) is 0 Å². The Labute approximate surface area is 246 Å². The van der Waals surface area contributed by atoms with Crippen molar-refractivity contribution in [2.45, 2.75) is 38.7 Å². The minimum atomic E-state index is -4.52. The molecule has 0 aliphatic heterocycles. The standard InChI is InChI=1S/C33H29F3N2O5/c1-2-29(24-10-14-26(15-11-24)33(34,35)36)38(31(40)32(41)42)20-22-8-16-27(17-9-22)37-30(39)25-12-18-28(19-13-25)43-21-23-6-4-3-5-7-23/h3-19,29H,2,20-21H2,1H3,(H,37,39)(H,41,42). The monoisotopic (exact) mass is 590 g/mol. The van der Waals surface area contributed by atoms with Crippen molar-refractivity contribution < 1.29 is 37.4 Å². The first-order valence-corrected chi connectivity index (χ1v) is 13.4. The molecule has 0 fully saturated rings. The Balaban J connectivity index is 1.41. The third-order valence-electron chi connectivity index (χ3n) is 6.76. The molecule has 10 heteroatoms. The Morgan fingerprint density at radius 3 is 2.02 bits per heavy atom. The number of carbonyl (C=O) groups is 3. The maximum absolute atomic E-state index is 13.0. The minimum absolute atomic E-state index is 0.108. The van der Waals surface area contributed by atoms with E-state index in [1.165, 1.54) is 12.1 Å². The van der Waals surface area contributed by atoms with Crippen LogP contribution in [0.25, 0.3) is 0 Å². The number of amides is 2. The molecule has 2 amide bonds. The van der Waals surface area contributed by atoms with Gasteiger partial charge in [0.2, 0.25) is 0 Å². The predicted octanol–water partition coefficient (Wildman–Crippen LogP) is 7.10. The first kappa shape index (κ1) is 30.8. The summed E-state index contributed by atoms with van der Waals surface area (Å²) in [7, 11) is 0. The molecule has 222 valence electrons. The lowest BCUT2D eigenvalue weighted by Crippen LogP contribution is -2.38. The third-order valence-corrected chi connectivity index (χ3v) is 6.76. The Bertz CT molecular complexity index is 1540. The van der Waals surface area contributed by atoms with Gasteiger partial charge in [-0.3, -0.25) is 9.59 Å². The number of carboxylic acids is 1. The Kier molecular flexibility index (Phi) is 9.82. The van der Waals surface area contributed by atoms with Crippen molar-refractivity contribution in [3.63, 3.8) is 0 Å². The van der Waals surface area contributed by atoms with Gasteiger partial charge in [0, 0.05) is 17.8 Å². The number of benzene rings is 4. The van der Waals surface area contributed by atoms with E-state index in [-0.39, 0.29) is 18.9 Å². The molecule has 4 aromatic rings. The number of hydrogen-bond donors (Lipinski definition) is 2. The summed E-state index contributed by atoms with van der Waals surface area (Å²) >= 11 is 0. The van der Waals surface area contributed by atoms with Crippen LogP contribution >= 0.6 is 0 Å². The summed E-state index contributed by atoms with van der Waals surface area (Å²) < 4.78 is 44.8. The zero-order valence-electron chi connectivity index (χ0n) is 23.2. The highest BCUT2D eigenvalue weighted by molar-refractivity contribution is 6.31. The fraction of sp³-hybridized carbons (Fsp3) is 0.182. The third kappa shape index (κ3) is 8.22. The van der Waals surface area contributed by atoms with Gasteiger partial charge in [-0.1, -0.05) is 61.5 Å². The Morgan fingerprint density at radius 2 is 1.47 bits per heavy atom. The SMILES string of the molecule is CCC(c1ccc(C(F)(F)F)cc1)N(Cc1ccc(NC(=O)c2ccc(OCc3ccccc3)cc2)cc1)C(=O)C(=O)O. The maximum atomic E-state index is 13.0. The average molecular weight is 591 g/mol. The predicted molar refractivity (Wildman–Crippen MR) is 154 cm³/mol. The number of rotatable bonds is 10. The van der Waals surface area contributed by atoms with Gasteiger partial charge in [0.1, 0.15) is 12.4 Å². The molecule has 0 aromatic heterocycles. The molecule has 1 atom stereocenters. The van der Waals surface area contributed by atoms with Crippen LogP contribution in [0.5, 0.6) is 5.75 Å². The van der Waals surface area contributed by atoms with Gasteiger partial charge in [-0.15, -0.1) is 0 Å². The number of ether oxygens (including phenoxy) is 1. The molecular formula is C33H29F3N2O5. The second-order valence-corrected chi connectivity index (χ2v) is 9.73. The average Bonchev–Trinajstić information content (AvgIpc) is 3.01. The molecule has 0 saturated carbocycles. The van der Waals surface area contributed by atoms with E-state index >= 15 is 0 Å². The van der Waals surface area contributed by atoms with Crippen LogP contribution in [0.4, 0.5) is 18.9 Å². The molecule has 4 aromatic carbocycles. The van der Waals surface area contributed by atoms with Gasteiger partial charge in [-0.05, 0) is 71.6 Å². The molecule has 0 spiro atoms. The van der Waals surface area contributed by atoms with Crippen molar-refractivity contribution in [3.8, 4) is 5.75 Å². The maximum Gasteiger partial charge on any atom is 0.416 e. The van der Waals surface area contributed by atoms with Gasteiger partial charge >= 0.3 is 18.1 Å². The summed E-state index contributed by atoms with van der Waals surface area (Å²) in [5, 5.41) is 12.2. The van der Waals surface area contributed by atoms with E-state index in [0.717, 1.165) is 22.6 Å². The van der Waals surface area contributed by atoms with E-state index in [1.54, 1.807) is 55.5 Å². The van der Waals surface area contributed by atoms with E-state index < -0.39 is 29.7 Å². The summed E-state index contributed by atoms with van der Waals surface area (Å²) in [6.45, 7) is 2.01. The number of alkyl halides is 3. The van der Waals surface area contributed by atoms with Crippen LogP contribution < -0.4 is 10.1 Å². The van der Waals surface area contributed by atoms with E-state index in [4.69, 9.17) is 4.74 Å². The number of anilines is 1.